The SMILES string of the molecule is COc1cccc(-c2coc3cc(OC)c(/C(C)=C/C(=O)N4CCN(c5cccc(C)c5)CC4)cc23)c1. The number of anilines is 1. The fourth-order valence-corrected chi connectivity index (χ4v) is 4.91. The lowest BCUT2D eigenvalue weighted by atomic mass is 9.99. The molecule has 0 N–H and O–H groups in total. The molecule has 0 radical (unpaired) electrons. The molecule has 0 aliphatic carbocycles. The molecule has 0 spiro atoms. The molecule has 6 nitrogen and oxygen atoms in total. The maximum atomic E-state index is 13.2. The molecular weight excluding hydrogens is 464 g/mol. The van der Waals surface area contributed by atoms with Crippen molar-refractivity contribution in [3.05, 3.63) is 84.1 Å². The third-order valence-corrected chi connectivity index (χ3v) is 7.00. The summed E-state index contributed by atoms with van der Waals surface area (Å²) in [5.74, 6) is 1.47. The number of ether oxygens (including phenoxy) is 2. The number of rotatable bonds is 6. The standard InChI is InChI=1S/C31H32N2O4/c1-21-7-5-9-24(15-21)32-11-13-33(14-12-32)31(34)16-22(2)26-18-27-28(20-37-30(27)19-29(26)36-4)23-8-6-10-25(17-23)35-3/h5-10,15-20H,11-14H2,1-4H3/b22-16+. The number of methoxy groups -OCH3 is 2. The Morgan fingerprint density at radius 1 is 0.946 bits per heavy atom. The van der Waals surface area contributed by atoms with Crippen LogP contribution in [0, 0.1) is 6.92 Å². The van der Waals surface area contributed by atoms with E-state index in [2.05, 4.69) is 36.1 Å². The highest BCUT2D eigenvalue weighted by molar-refractivity contribution is 6.00. The van der Waals surface area contributed by atoms with Gasteiger partial charge in [-0.05, 0) is 60.9 Å². The number of allylic oxidation sites excluding steroid dienone is 1. The summed E-state index contributed by atoms with van der Waals surface area (Å²) in [5.41, 5.74) is 6.86. The smallest absolute Gasteiger partial charge is 0.246 e. The molecule has 190 valence electrons. The van der Waals surface area contributed by atoms with Gasteiger partial charge in [-0.25, -0.2) is 0 Å². The van der Waals surface area contributed by atoms with Gasteiger partial charge in [0.1, 0.15) is 17.1 Å². The Morgan fingerprint density at radius 2 is 1.73 bits per heavy atom. The average molecular weight is 497 g/mol. The second-order valence-corrected chi connectivity index (χ2v) is 9.41. The second-order valence-electron chi connectivity index (χ2n) is 9.41. The van der Waals surface area contributed by atoms with E-state index in [1.54, 1.807) is 26.6 Å². The van der Waals surface area contributed by atoms with Crippen LogP contribution < -0.4 is 14.4 Å². The van der Waals surface area contributed by atoms with Crippen LogP contribution in [0.5, 0.6) is 11.5 Å². The van der Waals surface area contributed by atoms with Crippen molar-refractivity contribution in [1.82, 2.24) is 4.90 Å². The van der Waals surface area contributed by atoms with E-state index in [0.717, 1.165) is 52.1 Å². The van der Waals surface area contributed by atoms with Crippen LogP contribution in [0.15, 0.2) is 77.4 Å². The van der Waals surface area contributed by atoms with Crippen LogP contribution in [-0.2, 0) is 4.79 Å². The van der Waals surface area contributed by atoms with Crippen LogP contribution in [0.25, 0.3) is 27.7 Å². The lowest BCUT2D eigenvalue weighted by Crippen LogP contribution is -2.48. The molecule has 1 amide bonds. The largest absolute Gasteiger partial charge is 0.497 e. The number of nitrogens with zero attached hydrogens (tertiary/aromatic N) is 2. The number of aryl methyl sites for hydroxylation is 1. The third-order valence-electron chi connectivity index (χ3n) is 7.00. The minimum atomic E-state index is 0.0174. The van der Waals surface area contributed by atoms with Crippen molar-refractivity contribution in [2.75, 3.05) is 45.3 Å². The monoisotopic (exact) mass is 496 g/mol. The average Bonchev–Trinajstić information content (AvgIpc) is 3.35. The third kappa shape index (κ3) is 5.05. The van der Waals surface area contributed by atoms with Gasteiger partial charge >= 0.3 is 0 Å². The van der Waals surface area contributed by atoms with Crippen molar-refractivity contribution in [2.24, 2.45) is 0 Å². The number of hydrogen-bond donors (Lipinski definition) is 0. The van der Waals surface area contributed by atoms with Gasteiger partial charge in [0.25, 0.3) is 0 Å². The van der Waals surface area contributed by atoms with Crippen LogP contribution in [0.4, 0.5) is 5.69 Å². The van der Waals surface area contributed by atoms with E-state index in [-0.39, 0.29) is 5.91 Å². The van der Waals surface area contributed by atoms with Gasteiger partial charge in [0, 0.05) is 60.5 Å². The highest BCUT2D eigenvalue weighted by Crippen LogP contribution is 2.38. The summed E-state index contributed by atoms with van der Waals surface area (Å²) in [7, 11) is 3.29. The Morgan fingerprint density at radius 3 is 2.46 bits per heavy atom. The van der Waals surface area contributed by atoms with Crippen molar-refractivity contribution in [1.29, 1.82) is 0 Å². The summed E-state index contributed by atoms with van der Waals surface area (Å²) < 4.78 is 16.9. The van der Waals surface area contributed by atoms with Crippen molar-refractivity contribution in [3.63, 3.8) is 0 Å². The molecule has 1 saturated heterocycles. The van der Waals surface area contributed by atoms with E-state index in [9.17, 15) is 4.79 Å². The molecule has 1 aromatic heterocycles. The quantitative estimate of drug-likeness (QED) is 0.299. The Balaban J connectivity index is 1.38. The van der Waals surface area contributed by atoms with Crippen LogP contribution in [0.2, 0.25) is 0 Å². The Kier molecular flexibility index (Phi) is 6.91. The Bertz CT molecular complexity index is 1460. The van der Waals surface area contributed by atoms with E-state index in [4.69, 9.17) is 13.9 Å². The number of furan rings is 1. The molecule has 0 bridgehead atoms. The van der Waals surface area contributed by atoms with Gasteiger partial charge in [-0.3, -0.25) is 4.79 Å². The Labute approximate surface area is 217 Å². The van der Waals surface area contributed by atoms with Gasteiger partial charge < -0.3 is 23.7 Å². The first-order chi connectivity index (χ1) is 18.0. The minimum absolute atomic E-state index is 0.0174. The van der Waals surface area contributed by atoms with Gasteiger partial charge in [0.2, 0.25) is 5.91 Å². The highest BCUT2D eigenvalue weighted by Gasteiger charge is 2.21. The molecule has 4 aromatic rings. The zero-order valence-corrected chi connectivity index (χ0v) is 21.8. The summed E-state index contributed by atoms with van der Waals surface area (Å²) in [4.78, 5) is 17.5. The number of amides is 1. The molecule has 0 atom stereocenters. The van der Waals surface area contributed by atoms with Gasteiger partial charge in [-0.15, -0.1) is 0 Å². The van der Waals surface area contributed by atoms with E-state index in [1.807, 2.05) is 48.2 Å². The van der Waals surface area contributed by atoms with Crippen LogP contribution in [0.1, 0.15) is 18.1 Å². The van der Waals surface area contributed by atoms with Crippen molar-refractivity contribution in [2.45, 2.75) is 13.8 Å². The topological polar surface area (TPSA) is 55.2 Å². The molecule has 6 heteroatoms. The molecule has 0 saturated carbocycles. The number of benzene rings is 3. The summed E-state index contributed by atoms with van der Waals surface area (Å²) in [6.07, 6.45) is 3.47. The molecule has 3 aromatic carbocycles. The predicted molar refractivity (Wildman–Crippen MR) is 148 cm³/mol. The van der Waals surface area contributed by atoms with E-state index < -0.39 is 0 Å². The number of fused-ring (bicyclic) bond motifs is 1. The zero-order chi connectivity index (χ0) is 25.9. The number of carbonyl (C=O) groups excluding carboxylic acids is 1. The minimum Gasteiger partial charge on any atom is -0.497 e. The van der Waals surface area contributed by atoms with E-state index in [0.29, 0.717) is 18.8 Å². The lowest BCUT2D eigenvalue weighted by Gasteiger charge is -2.36. The molecule has 37 heavy (non-hydrogen) atoms. The molecule has 0 unspecified atom stereocenters. The second kappa shape index (κ2) is 10.4. The molecule has 2 heterocycles. The van der Waals surface area contributed by atoms with E-state index in [1.165, 1.54) is 11.3 Å². The first kappa shape index (κ1) is 24.5. The van der Waals surface area contributed by atoms with Crippen LogP contribution in [0.3, 0.4) is 0 Å². The van der Waals surface area contributed by atoms with Gasteiger partial charge in [0.05, 0.1) is 20.5 Å². The van der Waals surface area contributed by atoms with Crippen molar-refractivity contribution in [3.8, 4) is 22.6 Å². The van der Waals surface area contributed by atoms with Gasteiger partial charge in [0.15, 0.2) is 0 Å². The fourth-order valence-electron chi connectivity index (χ4n) is 4.91. The van der Waals surface area contributed by atoms with Crippen molar-refractivity contribution >= 4 is 28.1 Å². The number of piperazine rings is 1. The zero-order valence-electron chi connectivity index (χ0n) is 21.8. The van der Waals surface area contributed by atoms with Crippen molar-refractivity contribution < 1.29 is 18.7 Å². The van der Waals surface area contributed by atoms with Crippen LogP contribution >= 0.6 is 0 Å². The van der Waals surface area contributed by atoms with Gasteiger partial charge in [-0.1, -0.05) is 24.3 Å². The summed E-state index contributed by atoms with van der Waals surface area (Å²) in [5, 5.41) is 0.955. The lowest BCUT2D eigenvalue weighted by molar-refractivity contribution is -0.126. The summed E-state index contributed by atoms with van der Waals surface area (Å²) in [6.45, 7) is 7.07. The van der Waals surface area contributed by atoms with E-state index >= 15 is 0 Å². The maximum absolute atomic E-state index is 13.2. The summed E-state index contributed by atoms with van der Waals surface area (Å²) >= 11 is 0. The Hall–Kier alpha value is -4.19. The maximum Gasteiger partial charge on any atom is 0.246 e. The molecule has 1 fully saturated rings. The predicted octanol–water partition coefficient (Wildman–Crippen LogP) is 6.18. The number of carbonyl (C=O) groups is 1. The normalized spacial score (nSPS) is 14.2. The molecule has 5 rings (SSSR count). The molecule has 1 aliphatic heterocycles. The molecular formula is C31H32N2O4. The first-order valence-corrected chi connectivity index (χ1v) is 12.5. The fraction of sp³-hybridized carbons (Fsp3) is 0.258. The highest BCUT2D eigenvalue weighted by atomic mass is 16.5. The number of hydrogen-bond acceptors (Lipinski definition) is 5. The summed E-state index contributed by atoms with van der Waals surface area (Å²) in [6, 6.07) is 20.3. The van der Waals surface area contributed by atoms with Crippen LogP contribution in [-0.4, -0.2) is 51.2 Å². The van der Waals surface area contributed by atoms with Gasteiger partial charge in [-0.2, -0.15) is 0 Å². The molecule has 1 aliphatic rings. The first-order valence-electron chi connectivity index (χ1n) is 12.5.